The van der Waals surface area contributed by atoms with Crippen molar-refractivity contribution in [2.24, 2.45) is 5.92 Å². The first-order chi connectivity index (χ1) is 14.5. The number of aromatic amines is 1. The number of aryl methyl sites for hydroxylation is 3. The first-order valence-corrected chi connectivity index (χ1v) is 10.1. The van der Waals surface area contributed by atoms with Crippen LogP contribution in [0.5, 0.6) is 0 Å². The molecule has 7 nitrogen and oxygen atoms in total. The van der Waals surface area contributed by atoms with E-state index in [4.69, 9.17) is 4.74 Å². The normalized spacial score (nSPS) is 16.2. The minimum atomic E-state index is -0.327. The number of likely N-dealkylation sites (tertiary alicyclic amines) is 1. The summed E-state index contributed by atoms with van der Waals surface area (Å²) in [6, 6.07) is 9.85. The lowest BCUT2D eigenvalue weighted by Gasteiger charge is -2.18. The molecule has 1 aliphatic rings. The van der Waals surface area contributed by atoms with Crippen molar-refractivity contribution in [3.8, 4) is 0 Å². The summed E-state index contributed by atoms with van der Waals surface area (Å²) in [5.41, 5.74) is 2.73. The van der Waals surface area contributed by atoms with Crippen LogP contribution in [0.25, 0.3) is 10.9 Å². The van der Waals surface area contributed by atoms with Crippen molar-refractivity contribution in [3.05, 3.63) is 69.8 Å². The number of nitrogens with one attached hydrogen (secondary N) is 1. The van der Waals surface area contributed by atoms with Crippen molar-refractivity contribution in [2.75, 3.05) is 20.2 Å². The maximum absolute atomic E-state index is 13.1. The monoisotopic (exact) mass is 407 g/mol. The smallest absolute Gasteiger partial charge is 0.310 e. The molecule has 1 unspecified atom stereocenters. The zero-order valence-corrected chi connectivity index (χ0v) is 17.2. The molecular weight excluding hydrogens is 382 g/mol. The predicted octanol–water partition coefficient (Wildman–Crippen LogP) is 2.52. The topological polar surface area (TPSA) is 84.4 Å². The van der Waals surface area contributed by atoms with Crippen LogP contribution in [-0.2, 0) is 22.5 Å². The molecule has 2 aromatic heterocycles. The van der Waals surface area contributed by atoms with Crippen LogP contribution in [0.15, 0.2) is 47.5 Å². The molecule has 156 valence electrons. The van der Waals surface area contributed by atoms with E-state index in [1.54, 1.807) is 28.7 Å². The van der Waals surface area contributed by atoms with Crippen LogP contribution >= 0.6 is 0 Å². The number of ether oxygens (including phenoxy) is 1. The molecular formula is C23H25N3O4. The summed E-state index contributed by atoms with van der Waals surface area (Å²) in [6.07, 6.45) is 4.94. The largest absolute Gasteiger partial charge is 0.469 e. The van der Waals surface area contributed by atoms with Crippen molar-refractivity contribution < 1.29 is 14.3 Å². The van der Waals surface area contributed by atoms with Crippen LogP contribution in [0, 0.1) is 12.8 Å². The van der Waals surface area contributed by atoms with Gasteiger partial charge in [-0.2, -0.15) is 0 Å². The number of hydrogen-bond acceptors (Lipinski definition) is 4. The fourth-order valence-electron chi connectivity index (χ4n) is 4.14. The van der Waals surface area contributed by atoms with Crippen LogP contribution in [0.4, 0.5) is 0 Å². The van der Waals surface area contributed by atoms with Gasteiger partial charge < -0.3 is 19.2 Å². The number of benzene rings is 1. The maximum Gasteiger partial charge on any atom is 0.310 e. The molecule has 3 aromatic rings. The number of pyridine rings is 1. The van der Waals surface area contributed by atoms with Gasteiger partial charge in [0.25, 0.3) is 11.5 Å². The van der Waals surface area contributed by atoms with Gasteiger partial charge in [-0.3, -0.25) is 14.4 Å². The van der Waals surface area contributed by atoms with Gasteiger partial charge in [-0.1, -0.05) is 18.2 Å². The SMILES string of the molecule is COC(=O)C1CCN(C(=O)c2c(C)ccn(CCc3c[nH]c4ccccc34)c2=O)C1. The fraction of sp³-hybridized carbons (Fsp3) is 0.348. The molecule has 4 rings (SSSR count). The van der Waals surface area contributed by atoms with Gasteiger partial charge >= 0.3 is 5.97 Å². The van der Waals surface area contributed by atoms with Gasteiger partial charge in [0.05, 0.1) is 13.0 Å². The molecule has 3 heterocycles. The van der Waals surface area contributed by atoms with E-state index in [1.165, 1.54) is 7.11 Å². The molecule has 0 radical (unpaired) electrons. The summed E-state index contributed by atoms with van der Waals surface area (Å²) < 4.78 is 6.38. The second-order valence-corrected chi connectivity index (χ2v) is 7.74. The molecule has 1 fully saturated rings. The van der Waals surface area contributed by atoms with Gasteiger partial charge in [0.2, 0.25) is 0 Å². The zero-order chi connectivity index (χ0) is 21.3. The average Bonchev–Trinajstić information content (AvgIpc) is 3.40. The second kappa shape index (κ2) is 8.18. The van der Waals surface area contributed by atoms with Crippen molar-refractivity contribution in [1.29, 1.82) is 0 Å². The molecule has 1 aromatic carbocycles. The number of esters is 1. The fourth-order valence-corrected chi connectivity index (χ4v) is 4.14. The minimum absolute atomic E-state index is 0.182. The highest BCUT2D eigenvalue weighted by molar-refractivity contribution is 5.95. The molecule has 7 heteroatoms. The number of methoxy groups -OCH3 is 1. The van der Waals surface area contributed by atoms with Crippen LogP contribution < -0.4 is 5.56 Å². The third-order valence-corrected chi connectivity index (χ3v) is 5.89. The van der Waals surface area contributed by atoms with Crippen LogP contribution in [-0.4, -0.2) is 46.5 Å². The number of fused-ring (bicyclic) bond motifs is 1. The quantitative estimate of drug-likeness (QED) is 0.659. The molecule has 1 amide bonds. The van der Waals surface area contributed by atoms with Crippen LogP contribution in [0.3, 0.4) is 0 Å². The Morgan fingerprint density at radius 3 is 2.83 bits per heavy atom. The van der Waals surface area contributed by atoms with Gasteiger partial charge in [0.1, 0.15) is 5.56 Å². The number of amides is 1. The van der Waals surface area contributed by atoms with Crippen molar-refractivity contribution in [2.45, 2.75) is 26.3 Å². The number of carbonyl (C=O) groups excluding carboxylic acids is 2. The summed E-state index contributed by atoms with van der Waals surface area (Å²) in [5.74, 6) is -0.955. The summed E-state index contributed by atoms with van der Waals surface area (Å²) in [5, 5.41) is 1.14. The summed E-state index contributed by atoms with van der Waals surface area (Å²) in [4.78, 5) is 42.8. The van der Waals surface area contributed by atoms with Crippen LogP contribution in [0.1, 0.15) is 27.9 Å². The molecule has 30 heavy (non-hydrogen) atoms. The lowest BCUT2D eigenvalue weighted by molar-refractivity contribution is -0.144. The van der Waals surface area contributed by atoms with Gasteiger partial charge in [-0.05, 0) is 43.0 Å². The Hall–Kier alpha value is -3.35. The number of rotatable bonds is 5. The van der Waals surface area contributed by atoms with E-state index < -0.39 is 0 Å². The molecule has 0 spiro atoms. The predicted molar refractivity (Wildman–Crippen MR) is 113 cm³/mol. The molecule has 0 aliphatic carbocycles. The molecule has 0 bridgehead atoms. The zero-order valence-electron chi connectivity index (χ0n) is 17.2. The average molecular weight is 407 g/mol. The van der Waals surface area contributed by atoms with Gasteiger partial charge in [0, 0.05) is 42.9 Å². The minimum Gasteiger partial charge on any atom is -0.469 e. The van der Waals surface area contributed by atoms with Gasteiger partial charge in [0.15, 0.2) is 0 Å². The second-order valence-electron chi connectivity index (χ2n) is 7.74. The van der Waals surface area contributed by atoms with Gasteiger partial charge in [-0.15, -0.1) is 0 Å². The summed E-state index contributed by atoms with van der Waals surface area (Å²) in [7, 11) is 1.35. The highest BCUT2D eigenvalue weighted by Gasteiger charge is 2.33. The van der Waals surface area contributed by atoms with E-state index in [2.05, 4.69) is 11.1 Å². The van der Waals surface area contributed by atoms with Crippen molar-refractivity contribution in [1.82, 2.24) is 14.5 Å². The van der Waals surface area contributed by atoms with Gasteiger partial charge in [-0.25, -0.2) is 0 Å². The van der Waals surface area contributed by atoms with Crippen LogP contribution in [0.2, 0.25) is 0 Å². The summed E-state index contributed by atoms with van der Waals surface area (Å²) >= 11 is 0. The van der Waals surface area contributed by atoms with Crippen molar-refractivity contribution >= 4 is 22.8 Å². The summed E-state index contributed by atoms with van der Waals surface area (Å²) in [6.45, 7) is 2.98. The number of hydrogen-bond donors (Lipinski definition) is 1. The highest BCUT2D eigenvalue weighted by atomic mass is 16.5. The number of carbonyl (C=O) groups is 2. The third kappa shape index (κ3) is 3.63. The van der Waals surface area contributed by atoms with E-state index in [0.29, 0.717) is 31.5 Å². The number of aromatic nitrogens is 2. The maximum atomic E-state index is 13.1. The number of para-hydroxylation sites is 1. The lowest BCUT2D eigenvalue weighted by Crippen LogP contribution is -2.37. The van der Waals surface area contributed by atoms with E-state index in [9.17, 15) is 14.4 Å². The first kappa shape index (κ1) is 19.9. The van der Waals surface area contributed by atoms with Crippen molar-refractivity contribution in [3.63, 3.8) is 0 Å². The van der Waals surface area contributed by atoms with E-state index in [1.807, 2.05) is 24.4 Å². The number of H-pyrrole nitrogens is 1. The molecule has 0 saturated carbocycles. The molecule has 1 saturated heterocycles. The first-order valence-electron chi connectivity index (χ1n) is 10.1. The lowest BCUT2D eigenvalue weighted by atomic mass is 10.1. The molecule has 1 N–H and O–H groups in total. The Morgan fingerprint density at radius 1 is 1.23 bits per heavy atom. The Labute approximate surface area is 174 Å². The van der Waals surface area contributed by atoms with E-state index in [-0.39, 0.29) is 35.5 Å². The Balaban J connectivity index is 1.54. The molecule has 1 aliphatic heterocycles. The Kier molecular flexibility index (Phi) is 5.44. The molecule has 1 atom stereocenters. The highest BCUT2D eigenvalue weighted by Crippen LogP contribution is 2.21. The van der Waals surface area contributed by atoms with E-state index >= 15 is 0 Å². The third-order valence-electron chi connectivity index (χ3n) is 5.89. The standard InChI is InChI=1S/C23H25N3O4/c1-15-7-10-25(11-8-16-13-24-19-6-4-3-5-18(16)19)21(27)20(15)22(28)26-12-9-17(14-26)23(29)30-2/h3-7,10,13,17,24H,8-9,11-12,14H2,1-2H3. The number of nitrogens with zero attached hydrogens (tertiary/aromatic N) is 2. The Morgan fingerprint density at radius 2 is 2.03 bits per heavy atom. The Bertz CT molecular complexity index is 1160. The van der Waals surface area contributed by atoms with E-state index in [0.717, 1.165) is 16.5 Å².